The second-order valence-corrected chi connectivity index (χ2v) is 9.34. The molecular weight excluding hydrogens is 390 g/mol. The number of aryl methyl sites for hydroxylation is 3. The van der Waals surface area contributed by atoms with Gasteiger partial charge >= 0.3 is 0 Å². The molecule has 154 valence electrons. The normalized spacial score (nSPS) is 16.0. The number of benzene rings is 1. The molecule has 9 heteroatoms. The summed E-state index contributed by atoms with van der Waals surface area (Å²) in [4.78, 5) is 14.8. The highest BCUT2D eigenvalue weighted by Gasteiger charge is 2.30. The van der Waals surface area contributed by atoms with E-state index < -0.39 is 15.6 Å². The number of nitriles is 1. The Morgan fingerprint density at radius 3 is 2.38 bits per heavy atom. The minimum atomic E-state index is -3.56. The van der Waals surface area contributed by atoms with Gasteiger partial charge in [-0.3, -0.25) is 9.69 Å². The topological polar surface area (TPSA) is 99.3 Å². The van der Waals surface area contributed by atoms with E-state index in [0.29, 0.717) is 42.3 Å². The Balaban J connectivity index is 1.75. The second-order valence-electron chi connectivity index (χ2n) is 7.43. The third-order valence-electron chi connectivity index (χ3n) is 5.38. The van der Waals surface area contributed by atoms with E-state index in [1.807, 2.05) is 30.0 Å². The zero-order valence-corrected chi connectivity index (χ0v) is 18.0. The minimum absolute atomic E-state index is 0.105. The molecule has 0 spiro atoms. The molecule has 1 aromatic carbocycles. The van der Waals surface area contributed by atoms with Gasteiger partial charge in [0, 0.05) is 26.2 Å². The molecule has 0 unspecified atom stereocenters. The molecule has 0 N–H and O–H groups in total. The Labute approximate surface area is 171 Å². The van der Waals surface area contributed by atoms with Gasteiger partial charge < -0.3 is 0 Å². The molecule has 2 aromatic rings. The van der Waals surface area contributed by atoms with Crippen LogP contribution in [0.1, 0.15) is 27.9 Å². The van der Waals surface area contributed by atoms with Crippen LogP contribution >= 0.6 is 0 Å². The van der Waals surface area contributed by atoms with Crippen molar-refractivity contribution in [2.75, 3.05) is 26.2 Å². The van der Waals surface area contributed by atoms with Gasteiger partial charge in [0.2, 0.25) is 10.0 Å². The molecule has 0 bridgehead atoms. The second kappa shape index (κ2) is 8.06. The third-order valence-corrected chi connectivity index (χ3v) is 7.42. The third kappa shape index (κ3) is 4.10. The van der Waals surface area contributed by atoms with E-state index >= 15 is 0 Å². The van der Waals surface area contributed by atoms with Crippen LogP contribution < -0.4 is 5.56 Å². The van der Waals surface area contributed by atoms with Crippen LogP contribution in [0, 0.1) is 39.0 Å². The molecule has 0 amide bonds. The summed E-state index contributed by atoms with van der Waals surface area (Å²) in [5, 5.41) is 13.5. The molecule has 1 aliphatic heterocycles. The van der Waals surface area contributed by atoms with Gasteiger partial charge in [0.05, 0.1) is 17.3 Å². The van der Waals surface area contributed by atoms with E-state index in [1.54, 1.807) is 26.8 Å². The van der Waals surface area contributed by atoms with Crippen LogP contribution in [-0.4, -0.2) is 53.6 Å². The largest absolute Gasteiger partial charge is 0.286 e. The lowest BCUT2D eigenvalue weighted by atomic mass is 10.1. The molecule has 1 fully saturated rings. The molecule has 1 saturated heterocycles. The number of sulfonamides is 1. The maximum atomic E-state index is 13.0. The van der Waals surface area contributed by atoms with Crippen molar-refractivity contribution in [3.8, 4) is 6.07 Å². The Kier molecular flexibility index (Phi) is 5.89. The minimum Gasteiger partial charge on any atom is -0.282 e. The van der Waals surface area contributed by atoms with E-state index in [2.05, 4.69) is 5.10 Å². The SMILES string of the molecule is Cc1ccc(C)c(S(=O)(=O)N2CCN(Cn3nc(C)c(C)c(C#N)c3=O)CC2)c1. The molecule has 1 aromatic heterocycles. The van der Waals surface area contributed by atoms with Gasteiger partial charge in [-0.25, -0.2) is 13.1 Å². The number of nitrogens with zero attached hydrogens (tertiary/aromatic N) is 5. The van der Waals surface area contributed by atoms with Gasteiger partial charge in [0.1, 0.15) is 11.6 Å². The fourth-order valence-corrected chi connectivity index (χ4v) is 5.16. The van der Waals surface area contributed by atoms with Crippen molar-refractivity contribution >= 4 is 10.0 Å². The standard InChI is InChI=1S/C20H25N5O3S/c1-14-5-6-15(2)19(11-14)29(27,28)24-9-7-23(8-10-24)13-25-20(26)18(12-21)16(3)17(4)22-25/h5-6,11H,7-10,13H2,1-4H3. The van der Waals surface area contributed by atoms with Crippen LogP contribution in [0.5, 0.6) is 0 Å². The quantitative estimate of drug-likeness (QED) is 0.747. The van der Waals surface area contributed by atoms with E-state index in [1.165, 1.54) is 8.99 Å². The maximum absolute atomic E-state index is 13.0. The molecule has 0 saturated carbocycles. The first-order valence-electron chi connectivity index (χ1n) is 9.43. The molecule has 0 aliphatic carbocycles. The highest BCUT2D eigenvalue weighted by atomic mass is 32.2. The predicted molar refractivity (Wildman–Crippen MR) is 109 cm³/mol. The number of hydrogen-bond acceptors (Lipinski definition) is 6. The summed E-state index contributed by atoms with van der Waals surface area (Å²) in [5.74, 6) is 0. The molecule has 29 heavy (non-hydrogen) atoms. The van der Waals surface area contributed by atoms with Crippen LogP contribution in [-0.2, 0) is 16.7 Å². The fraction of sp³-hybridized carbons (Fsp3) is 0.450. The summed E-state index contributed by atoms with van der Waals surface area (Å²) < 4.78 is 28.9. The van der Waals surface area contributed by atoms with E-state index in [4.69, 9.17) is 0 Å². The Morgan fingerprint density at radius 2 is 1.76 bits per heavy atom. The van der Waals surface area contributed by atoms with Crippen LogP contribution in [0.3, 0.4) is 0 Å². The smallest absolute Gasteiger partial charge is 0.282 e. The number of rotatable bonds is 4. The predicted octanol–water partition coefficient (Wildman–Crippen LogP) is 1.31. The molecular formula is C20H25N5O3S. The van der Waals surface area contributed by atoms with E-state index in [-0.39, 0.29) is 12.2 Å². The number of aromatic nitrogens is 2. The zero-order valence-electron chi connectivity index (χ0n) is 17.1. The first-order valence-corrected chi connectivity index (χ1v) is 10.9. The average Bonchev–Trinajstić information content (AvgIpc) is 2.69. The van der Waals surface area contributed by atoms with Crippen molar-refractivity contribution in [2.24, 2.45) is 0 Å². The lowest BCUT2D eigenvalue weighted by molar-refractivity contribution is 0.142. The van der Waals surface area contributed by atoms with Gasteiger partial charge in [-0.15, -0.1) is 0 Å². The van der Waals surface area contributed by atoms with Crippen LogP contribution in [0.2, 0.25) is 0 Å². The van der Waals surface area contributed by atoms with Gasteiger partial charge in [-0.2, -0.15) is 14.7 Å². The van der Waals surface area contributed by atoms with Crippen molar-refractivity contribution in [1.82, 2.24) is 19.0 Å². The first kappa shape index (κ1) is 21.2. The Hall–Kier alpha value is -2.54. The lowest BCUT2D eigenvalue weighted by Crippen LogP contribution is -2.50. The fourth-order valence-electron chi connectivity index (χ4n) is 3.42. The van der Waals surface area contributed by atoms with Gasteiger partial charge in [-0.1, -0.05) is 12.1 Å². The number of hydrogen-bond donors (Lipinski definition) is 0. The van der Waals surface area contributed by atoms with Crippen molar-refractivity contribution in [2.45, 2.75) is 39.3 Å². The Bertz CT molecular complexity index is 1140. The molecule has 3 rings (SSSR count). The molecule has 0 atom stereocenters. The van der Waals surface area contributed by atoms with Crippen molar-refractivity contribution in [3.63, 3.8) is 0 Å². The molecule has 8 nitrogen and oxygen atoms in total. The highest BCUT2D eigenvalue weighted by molar-refractivity contribution is 7.89. The maximum Gasteiger partial charge on any atom is 0.286 e. The summed E-state index contributed by atoms with van der Waals surface area (Å²) in [5.41, 5.74) is 2.55. The highest BCUT2D eigenvalue weighted by Crippen LogP contribution is 2.22. The Morgan fingerprint density at radius 1 is 1.10 bits per heavy atom. The monoisotopic (exact) mass is 415 g/mol. The number of piperazine rings is 1. The zero-order chi connectivity index (χ0) is 21.3. The van der Waals surface area contributed by atoms with Gasteiger partial charge in [-0.05, 0) is 50.5 Å². The molecule has 0 radical (unpaired) electrons. The van der Waals surface area contributed by atoms with Gasteiger partial charge in [0.15, 0.2) is 0 Å². The van der Waals surface area contributed by atoms with Gasteiger partial charge in [0.25, 0.3) is 5.56 Å². The van der Waals surface area contributed by atoms with E-state index in [0.717, 1.165) is 11.1 Å². The summed E-state index contributed by atoms with van der Waals surface area (Å²) in [6.07, 6.45) is 0. The first-order chi connectivity index (χ1) is 13.6. The molecule has 2 heterocycles. The van der Waals surface area contributed by atoms with E-state index in [9.17, 15) is 18.5 Å². The summed E-state index contributed by atoms with van der Waals surface area (Å²) in [6, 6.07) is 7.39. The van der Waals surface area contributed by atoms with Crippen molar-refractivity contribution in [3.05, 3.63) is 56.5 Å². The molecule has 1 aliphatic rings. The summed E-state index contributed by atoms with van der Waals surface area (Å²) in [6.45, 7) is 9.00. The lowest BCUT2D eigenvalue weighted by Gasteiger charge is -2.34. The van der Waals surface area contributed by atoms with Crippen molar-refractivity contribution < 1.29 is 8.42 Å². The van der Waals surface area contributed by atoms with Crippen LogP contribution in [0.15, 0.2) is 27.9 Å². The van der Waals surface area contributed by atoms with Crippen molar-refractivity contribution in [1.29, 1.82) is 5.26 Å². The van der Waals surface area contributed by atoms with Crippen LogP contribution in [0.25, 0.3) is 0 Å². The van der Waals surface area contributed by atoms with Crippen LogP contribution in [0.4, 0.5) is 0 Å². The summed E-state index contributed by atoms with van der Waals surface area (Å²) >= 11 is 0. The summed E-state index contributed by atoms with van der Waals surface area (Å²) in [7, 11) is -3.56. The average molecular weight is 416 g/mol.